The van der Waals surface area contributed by atoms with Crippen molar-refractivity contribution in [3.8, 4) is 0 Å². The summed E-state index contributed by atoms with van der Waals surface area (Å²) in [7, 11) is 1.83. The molecule has 20 heavy (non-hydrogen) atoms. The van der Waals surface area contributed by atoms with Crippen LogP contribution in [0.4, 0.5) is 0 Å². The van der Waals surface area contributed by atoms with Crippen molar-refractivity contribution in [1.82, 2.24) is 10.2 Å². The highest BCUT2D eigenvalue weighted by molar-refractivity contribution is 5.24. The Hall–Kier alpha value is -0.900. The molecule has 1 aliphatic rings. The Bertz CT molecular complexity index is 382. The number of rotatable bonds is 6. The summed E-state index contributed by atoms with van der Waals surface area (Å²) in [5.41, 5.74) is 2.72. The molecule has 0 spiro atoms. The third kappa shape index (κ3) is 4.30. The zero-order valence-electron chi connectivity index (χ0n) is 13.1. The summed E-state index contributed by atoms with van der Waals surface area (Å²) in [5.74, 6) is 0. The molecule has 1 N–H and O–H groups in total. The third-order valence-corrected chi connectivity index (χ3v) is 4.24. The average Bonchev–Trinajstić information content (AvgIpc) is 2.48. The fourth-order valence-electron chi connectivity index (χ4n) is 2.92. The van der Waals surface area contributed by atoms with E-state index in [9.17, 15) is 0 Å². The van der Waals surface area contributed by atoms with Crippen LogP contribution < -0.4 is 5.32 Å². The van der Waals surface area contributed by atoms with E-state index in [1.54, 1.807) is 0 Å². The third-order valence-electron chi connectivity index (χ3n) is 4.24. The molecule has 1 saturated heterocycles. The number of piperidine rings is 1. The first-order valence-electron chi connectivity index (χ1n) is 7.78. The van der Waals surface area contributed by atoms with Gasteiger partial charge in [-0.3, -0.25) is 0 Å². The van der Waals surface area contributed by atoms with Crippen LogP contribution in [0, 0.1) is 6.92 Å². The lowest BCUT2D eigenvalue weighted by Crippen LogP contribution is -2.41. The van der Waals surface area contributed by atoms with Crippen molar-refractivity contribution >= 4 is 0 Å². The van der Waals surface area contributed by atoms with Crippen LogP contribution in [0.2, 0.25) is 0 Å². The molecule has 0 amide bonds. The van der Waals surface area contributed by atoms with E-state index >= 15 is 0 Å². The van der Waals surface area contributed by atoms with E-state index in [2.05, 4.69) is 48.3 Å². The smallest absolute Gasteiger partial charge is 0.0595 e. The van der Waals surface area contributed by atoms with Crippen molar-refractivity contribution in [3.63, 3.8) is 0 Å². The Morgan fingerprint density at radius 1 is 1.25 bits per heavy atom. The number of hydrogen-bond acceptors (Lipinski definition) is 3. The van der Waals surface area contributed by atoms with Gasteiger partial charge in [0.1, 0.15) is 0 Å². The van der Waals surface area contributed by atoms with Crippen LogP contribution in [0.25, 0.3) is 0 Å². The normalized spacial score (nSPS) is 19.1. The van der Waals surface area contributed by atoms with Crippen molar-refractivity contribution in [2.45, 2.75) is 38.8 Å². The van der Waals surface area contributed by atoms with Gasteiger partial charge in [-0.1, -0.05) is 36.8 Å². The minimum absolute atomic E-state index is 0.430. The number of methoxy groups -OCH3 is 1. The van der Waals surface area contributed by atoms with Crippen molar-refractivity contribution in [3.05, 3.63) is 35.4 Å². The van der Waals surface area contributed by atoms with Gasteiger partial charge in [0, 0.05) is 32.8 Å². The van der Waals surface area contributed by atoms with Crippen molar-refractivity contribution in [2.75, 3.05) is 33.3 Å². The minimum atomic E-state index is 0.430. The van der Waals surface area contributed by atoms with Gasteiger partial charge >= 0.3 is 0 Å². The van der Waals surface area contributed by atoms with Crippen LogP contribution in [0.5, 0.6) is 0 Å². The summed E-state index contributed by atoms with van der Waals surface area (Å²) in [5, 5.41) is 3.62. The van der Waals surface area contributed by atoms with Crippen LogP contribution in [-0.4, -0.2) is 44.3 Å². The number of likely N-dealkylation sites (tertiary alicyclic amines) is 1. The largest absolute Gasteiger partial charge is 0.381 e. The summed E-state index contributed by atoms with van der Waals surface area (Å²) in [6.45, 7) is 8.71. The predicted molar refractivity (Wildman–Crippen MR) is 84.1 cm³/mol. The molecule has 1 aliphatic heterocycles. The maximum atomic E-state index is 5.45. The molecule has 1 atom stereocenters. The summed E-state index contributed by atoms with van der Waals surface area (Å²) >= 11 is 0. The molecule has 0 radical (unpaired) electrons. The number of aryl methyl sites for hydroxylation is 1. The van der Waals surface area contributed by atoms with Gasteiger partial charge in [0.2, 0.25) is 0 Å². The molecule has 0 aromatic heterocycles. The highest BCUT2D eigenvalue weighted by atomic mass is 16.5. The molecule has 1 fully saturated rings. The molecule has 1 aromatic rings. The molecule has 0 saturated carbocycles. The van der Waals surface area contributed by atoms with Crippen molar-refractivity contribution in [1.29, 1.82) is 0 Å². The first-order chi connectivity index (χ1) is 9.72. The second-order valence-corrected chi connectivity index (χ2v) is 5.76. The maximum absolute atomic E-state index is 5.45. The quantitative estimate of drug-likeness (QED) is 0.864. The van der Waals surface area contributed by atoms with Crippen LogP contribution in [0.1, 0.15) is 36.9 Å². The summed E-state index contributed by atoms with van der Waals surface area (Å²) < 4.78 is 5.45. The molecular formula is C17H28N2O. The van der Waals surface area contributed by atoms with E-state index in [4.69, 9.17) is 4.74 Å². The summed E-state index contributed by atoms with van der Waals surface area (Å²) in [6.07, 6.45) is 2.77. The Labute approximate surface area is 123 Å². The Morgan fingerprint density at radius 3 is 2.45 bits per heavy atom. The lowest BCUT2D eigenvalue weighted by atomic mass is 10.0. The van der Waals surface area contributed by atoms with Gasteiger partial charge < -0.3 is 15.0 Å². The Morgan fingerprint density at radius 2 is 1.90 bits per heavy atom. The SMILES string of the molecule is CCNC(CN1CCC(OC)CC1)c1ccc(C)cc1. The standard InChI is InChI=1S/C17H28N2O/c1-4-18-17(15-7-5-14(2)6-8-15)13-19-11-9-16(20-3)10-12-19/h5-8,16-18H,4,9-13H2,1-3H3. The van der Waals surface area contributed by atoms with Gasteiger partial charge in [0.05, 0.1) is 6.10 Å². The monoisotopic (exact) mass is 276 g/mol. The lowest BCUT2D eigenvalue weighted by Gasteiger charge is -2.34. The van der Waals surface area contributed by atoms with Crippen LogP contribution in [0.15, 0.2) is 24.3 Å². The lowest BCUT2D eigenvalue weighted by molar-refractivity contribution is 0.0384. The fraction of sp³-hybridized carbons (Fsp3) is 0.647. The maximum Gasteiger partial charge on any atom is 0.0595 e. The Kier molecular flexibility index (Phi) is 6.02. The highest BCUT2D eigenvalue weighted by Gasteiger charge is 2.21. The van der Waals surface area contributed by atoms with E-state index in [1.807, 2.05) is 7.11 Å². The van der Waals surface area contributed by atoms with Gasteiger partial charge in [-0.25, -0.2) is 0 Å². The van der Waals surface area contributed by atoms with E-state index in [1.165, 1.54) is 11.1 Å². The van der Waals surface area contributed by atoms with E-state index < -0.39 is 0 Å². The van der Waals surface area contributed by atoms with E-state index in [0.29, 0.717) is 12.1 Å². The van der Waals surface area contributed by atoms with Gasteiger partial charge in [-0.2, -0.15) is 0 Å². The molecule has 3 nitrogen and oxygen atoms in total. The van der Waals surface area contributed by atoms with Crippen molar-refractivity contribution in [2.24, 2.45) is 0 Å². The zero-order chi connectivity index (χ0) is 14.4. The second kappa shape index (κ2) is 7.77. The van der Waals surface area contributed by atoms with Crippen LogP contribution >= 0.6 is 0 Å². The van der Waals surface area contributed by atoms with E-state index in [-0.39, 0.29) is 0 Å². The van der Waals surface area contributed by atoms with Gasteiger partial charge in [0.25, 0.3) is 0 Å². The van der Waals surface area contributed by atoms with Gasteiger partial charge in [-0.05, 0) is 31.9 Å². The molecule has 112 valence electrons. The first-order valence-corrected chi connectivity index (χ1v) is 7.78. The fourth-order valence-corrected chi connectivity index (χ4v) is 2.92. The summed E-state index contributed by atoms with van der Waals surface area (Å²) in [6, 6.07) is 9.35. The summed E-state index contributed by atoms with van der Waals surface area (Å²) in [4.78, 5) is 2.56. The van der Waals surface area contributed by atoms with Crippen LogP contribution in [0.3, 0.4) is 0 Å². The molecule has 1 aromatic carbocycles. The number of nitrogens with zero attached hydrogens (tertiary/aromatic N) is 1. The topological polar surface area (TPSA) is 24.5 Å². The van der Waals surface area contributed by atoms with Gasteiger partial charge in [-0.15, -0.1) is 0 Å². The van der Waals surface area contributed by atoms with Gasteiger partial charge in [0.15, 0.2) is 0 Å². The van der Waals surface area contributed by atoms with E-state index in [0.717, 1.165) is 39.0 Å². The van der Waals surface area contributed by atoms with Crippen molar-refractivity contribution < 1.29 is 4.74 Å². The Balaban J connectivity index is 1.94. The predicted octanol–water partition coefficient (Wildman–Crippen LogP) is 2.76. The number of benzene rings is 1. The molecule has 1 unspecified atom stereocenters. The van der Waals surface area contributed by atoms with Crippen LogP contribution in [-0.2, 0) is 4.74 Å². The minimum Gasteiger partial charge on any atom is -0.381 e. The molecule has 3 heteroatoms. The highest BCUT2D eigenvalue weighted by Crippen LogP contribution is 2.19. The number of nitrogens with one attached hydrogen (secondary N) is 1. The molecule has 1 heterocycles. The molecular weight excluding hydrogens is 248 g/mol. The first kappa shape index (κ1) is 15.5. The molecule has 0 bridgehead atoms. The second-order valence-electron chi connectivity index (χ2n) is 5.76. The zero-order valence-corrected chi connectivity index (χ0v) is 13.1. The number of likely N-dealkylation sites (N-methyl/N-ethyl adjacent to an activating group) is 1. The molecule has 0 aliphatic carbocycles. The number of hydrogen-bond donors (Lipinski definition) is 1. The number of ether oxygens (including phenoxy) is 1. The average molecular weight is 276 g/mol. The molecule has 2 rings (SSSR count).